The molecule has 1 aromatic heterocycles. The molecule has 4 rings (SSSR count). The van der Waals surface area contributed by atoms with Gasteiger partial charge in [-0.3, -0.25) is 19.8 Å². The van der Waals surface area contributed by atoms with Crippen LogP contribution in [-0.4, -0.2) is 28.9 Å². The highest BCUT2D eigenvalue weighted by atomic mass is 35.5. The van der Waals surface area contributed by atoms with Crippen molar-refractivity contribution in [3.8, 4) is 0 Å². The highest BCUT2D eigenvalue weighted by molar-refractivity contribution is 6.38. The van der Waals surface area contributed by atoms with Crippen LogP contribution in [0, 0.1) is 6.92 Å². The lowest BCUT2D eigenvalue weighted by Crippen LogP contribution is -2.40. The number of rotatable bonds is 6. The quantitative estimate of drug-likeness (QED) is 0.322. The number of anilines is 1. The van der Waals surface area contributed by atoms with E-state index in [4.69, 9.17) is 23.2 Å². The molecular formula is C26H22Cl2N4O3. The number of fused-ring (bicyclic) bond motifs is 1. The van der Waals surface area contributed by atoms with E-state index in [9.17, 15) is 14.4 Å². The second-order valence-electron chi connectivity index (χ2n) is 7.87. The standard InChI is InChI=1S/C26H22Cl2N4O3/c1-16-20(28)8-5-9-21(16)30-24(33)23-15-18-14-19(27)10-11-22(18)32(23)31-26(35)25(34)29-13-12-17-6-3-2-4-7-17/h2-11,14-15H,12-13H2,1H3,(H,29,34)(H,30,33)(H,31,35). The van der Waals surface area contributed by atoms with Gasteiger partial charge in [-0.25, -0.2) is 4.68 Å². The van der Waals surface area contributed by atoms with Crippen molar-refractivity contribution in [3.63, 3.8) is 0 Å². The summed E-state index contributed by atoms with van der Waals surface area (Å²) in [5.41, 5.74) is 5.43. The molecular weight excluding hydrogens is 487 g/mol. The maximum absolute atomic E-state index is 13.2. The summed E-state index contributed by atoms with van der Waals surface area (Å²) in [6, 6.07) is 21.3. The molecule has 0 aliphatic carbocycles. The Morgan fingerprint density at radius 2 is 1.66 bits per heavy atom. The Balaban J connectivity index is 1.54. The number of hydrogen-bond donors (Lipinski definition) is 3. The maximum Gasteiger partial charge on any atom is 0.328 e. The number of nitrogens with zero attached hydrogens (tertiary/aromatic N) is 1. The summed E-state index contributed by atoms with van der Waals surface area (Å²) in [6.45, 7) is 2.08. The zero-order valence-electron chi connectivity index (χ0n) is 18.8. The number of halogens is 2. The molecule has 0 saturated carbocycles. The first-order valence-corrected chi connectivity index (χ1v) is 11.6. The Hall–Kier alpha value is -3.81. The van der Waals surface area contributed by atoms with Crippen LogP contribution in [0.1, 0.15) is 21.6 Å². The molecule has 3 amide bonds. The summed E-state index contributed by atoms with van der Waals surface area (Å²) in [7, 11) is 0. The molecule has 0 spiro atoms. The van der Waals surface area contributed by atoms with Crippen LogP contribution in [0.5, 0.6) is 0 Å². The summed E-state index contributed by atoms with van der Waals surface area (Å²) in [5.74, 6) is -2.21. The van der Waals surface area contributed by atoms with Crippen molar-refractivity contribution in [1.82, 2.24) is 9.99 Å². The fourth-order valence-corrected chi connectivity index (χ4v) is 3.96. The Labute approximate surface area is 212 Å². The molecule has 3 N–H and O–H groups in total. The fourth-order valence-electron chi connectivity index (χ4n) is 3.60. The summed E-state index contributed by atoms with van der Waals surface area (Å²) >= 11 is 12.3. The highest BCUT2D eigenvalue weighted by Crippen LogP contribution is 2.26. The molecule has 4 aromatic rings. The Morgan fingerprint density at radius 1 is 0.886 bits per heavy atom. The number of nitrogens with one attached hydrogen (secondary N) is 3. The monoisotopic (exact) mass is 508 g/mol. The third-order valence-electron chi connectivity index (χ3n) is 5.47. The average molecular weight is 509 g/mol. The average Bonchev–Trinajstić information content (AvgIpc) is 3.19. The molecule has 35 heavy (non-hydrogen) atoms. The molecule has 0 aliphatic rings. The van der Waals surface area contributed by atoms with Crippen molar-refractivity contribution < 1.29 is 14.4 Å². The minimum absolute atomic E-state index is 0.118. The van der Waals surface area contributed by atoms with E-state index >= 15 is 0 Å². The summed E-state index contributed by atoms with van der Waals surface area (Å²) in [6.07, 6.45) is 0.581. The summed E-state index contributed by atoms with van der Waals surface area (Å²) in [4.78, 5) is 38.3. The molecule has 7 nitrogen and oxygen atoms in total. The molecule has 0 aliphatic heterocycles. The Kier molecular flexibility index (Phi) is 7.39. The SMILES string of the molecule is Cc1c(Cl)cccc1NC(=O)c1cc2cc(Cl)ccc2n1NC(=O)C(=O)NCCc1ccccc1. The van der Waals surface area contributed by atoms with Gasteiger partial charge in [-0.2, -0.15) is 0 Å². The van der Waals surface area contributed by atoms with Gasteiger partial charge in [0.25, 0.3) is 5.91 Å². The van der Waals surface area contributed by atoms with Crippen molar-refractivity contribution in [2.24, 2.45) is 0 Å². The third-order valence-corrected chi connectivity index (χ3v) is 6.12. The van der Waals surface area contributed by atoms with Gasteiger partial charge < -0.3 is 10.6 Å². The minimum atomic E-state index is -0.904. The van der Waals surface area contributed by atoms with Crippen LogP contribution in [0.4, 0.5) is 5.69 Å². The molecule has 3 aromatic carbocycles. The number of carbonyl (C=O) groups excluding carboxylic acids is 3. The van der Waals surface area contributed by atoms with Crippen molar-refractivity contribution in [2.75, 3.05) is 17.3 Å². The van der Waals surface area contributed by atoms with Crippen LogP contribution < -0.4 is 16.1 Å². The minimum Gasteiger partial charge on any atom is -0.347 e. The smallest absolute Gasteiger partial charge is 0.328 e. The van der Waals surface area contributed by atoms with Crippen molar-refractivity contribution >= 4 is 57.5 Å². The first-order chi connectivity index (χ1) is 16.8. The van der Waals surface area contributed by atoms with Gasteiger partial charge in [0.15, 0.2) is 0 Å². The van der Waals surface area contributed by atoms with Gasteiger partial charge >= 0.3 is 11.8 Å². The predicted octanol–water partition coefficient (Wildman–Crippen LogP) is 4.94. The van der Waals surface area contributed by atoms with Gasteiger partial charge in [0.2, 0.25) is 0 Å². The van der Waals surface area contributed by atoms with Crippen LogP contribution in [-0.2, 0) is 16.0 Å². The molecule has 9 heteroatoms. The summed E-state index contributed by atoms with van der Waals surface area (Å²) < 4.78 is 1.28. The molecule has 178 valence electrons. The molecule has 1 heterocycles. The normalized spacial score (nSPS) is 10.7. The van der Waals surface area contributed by atoms with Crippen molar-refractivity contribution in [1.29, 1.82) is 0 Å². The lowest BCUT2D eigenvalue weighted by atomic mass is 10.1. The van der Waals surface area contributed by atoms with E-state index in [-0.39, 0.29) is 5.69 Å². The largest absolute Gasteiger partial charge is 0.347 e. The maximum atomic E-state index is 13.2. The second kappa shape index (κ2) is 10.6. The topological polar surface area (TPSA) is 92.2 Å². The predicted molar refractivity (Wildman–Crippen MR) is 139 cm³/mol. The van der Waals surface area contributed by atoms with Crippen LogP contribution in [0.25, 0.3) is 10.9 Å². The number of aromatic nitrogens is 1. The van der Waals surface area contributed by atoms with E-state index < -0.39 is 17.7 Å². The Morgan fingerprint density at radius 3 is 2.43 bits per heavy atom. The van der Waals surface area contributed by atoms with Crippen LogP contribution in [0.2, 0.25) is 10.0 Å². The lowest BCUT2D eigenvalue weighted by molar-refractivity contribution is -0.136. The van der Waals surface area contributed by atoms with E-state index in [1.54, 1.807) is 49.4 Å². The molecule has 0 radical (unpaired) electrons. The highest BCUT2D eigenvalue weighted by Gasteiger charge is 2.21. The number of benzene rings is 3. The van der Waals surface area contributed by atoms with Crippen LogP contribution in [0.15, 0.2) is 72.8 Å². The van der Waals surface area contributed by atoms with Crippen molar-refractivity contribution in [3.05, 3.63) is 99.7 Å². The number of carbonyl (C=O) groups is 3. The molecule has 0 unspecified atom stereocenters. The van der Waals surface area contributed by atoms with Gasteiger partial charge in [0, 0.05) is 27.7 Å². The molecule has 0 saturated heterocycles. The fraction of sp³-hybridized carbons (Fsp3) is 0.115. The first kappa shape index (κ1) is 24.3. The van der Waals surface area contributed by atoms with E-state index in [0.717, 1.165) is 5.56 Å². The number of amides is 3. The van der Waals surface area contributed by atoms with E-state index in [1.807, 2.05) is 30.3 Å². The van der Waals surface area contributed by atoms with Crippen LogP contribution >= 0.6 is 23.2 Å². The van der Waals surface area contributed by atoms with Gasteiger partial charge in [-0.15, -0.1) is 0 Å². The van der Waals surface area contributed by atoms with Crippen LogP contribution in [0.3, 0.4) is 0 Å². The van der Waals surface area contributed by atoms with E-state index in [1.165, 1.54) is 4.68 Å². The lowest BCUT2D eigenvalue weighted by Gasteiger charge is -2.14. The van der Waals surface area contributed by atoms with Gasteiger partial charge in [0.1, 0.15) is 5.69 Å². The van der Waals surface area contributed by atoms with Gasteiger partial charge in [-0.1, -0.05) is 59.6 Å². The second-order valence-corrected chi connectivity index (χ2v) is 8.71. The zero-order chi connectivity index (χ0) is 24.9. The molecule has 0 fully saturated rings. The third kappa shape index (κ3) is 5.65. The Bertz CT molecular complexity index is 1420. The zero-order valence-corrected chi connectivity index (χ0v) is 20.3. The summed E-state index contributed by atoms with van der Waals surface area (Å²) in [5, 5.41) is 7.01. The van der Waals surface area contributed by atoms with Gasteiger partial charge in [0.05, 0.1) is 5.52 Å². The van der Waals surface area contributed by atoms with Crippen molar-refractivity contribution in [2.45, 2.75) is 13.3 Å². The molecule has 0 atom stereocenters. The van der Waals surface area contributed by atoms with Gasteiger partial charge in [-0.05, 0) is 60.9 Å². The van der Waals surface area contributed by atoms with E-state index in [2.05, 4.69) is 16.1 Å². The number of hydrogen-bond acceptors (Lipinski definition) is 3. The van der Waals surface area contributed by atoms with E-state index in [0.29, 0.717) is 45.2 Å². The molecule has 0 bridgehead atoms. The first-order valence-electron chi connectivity index (χ1n) is 10.8.